The zero-order chi connectivity index (χ0) is 13.3. The minimum atomic E-state index is 0.223. The van der Waals surface area contributed by atoms with Gasteiger partial charge in [0.1, 0.15) is 0 Å². The predicted molar refractivity (Wildman–Crippen MR) is 93.5 cm³/mol. The topological polar surface area (TPSA) is 0 Å². The van der Waals surface area contributed by atoms with Crippen molar-refractivity contribution < 1.29 is 0 Å². The van der Waals surface area contributed by atoms with Gasteiger partial charge in [0.05, 0.1) is 4.83 Å². The molecule has 0 spiro atoms. The Hall–Kier alpha value is 0.130. The molecular weight excluding hydrogens is 467 g/mol. The van der Waals surface area contributed by atoms with E-state index in [-0.39, 0.29) is 4.83 Å². The quantitative estimate of drug-likeness (QED) is 0.358. The van der Waals surface area contributed by atoms with Crippen LogP contribution in [0, 0.1) is 17.4 Å². The summed E-state index contributed by atoms with van der Waals surface area (Å²) in [6, 6.07) is 13.0. The number of benzene rings is 2. The zero-order valence-corrected chi connectivity index (χ0v) is 15.5. The van der Waals surface area contributed by atoms with E-state index in [1.807, 2.05) is 0 Å². The maximum absolute atomic E-state index is 3.80. The average Bonchev–Trinajstić information content (AvgIpc) is 2.35. The van der Waals surface area contributed by atoms with Crippen LogP contribution in [0.3, 0.4) is 0 Å². The van der Waals surface area contributed by atoms with E-state index in [0.717, 1.165) is 4.47 Å². The third-order valence-electron chi connectivity index (χ3n) is 3.05. The summed E-state index contributed by atoms with van der Waals surface area (Å²) in [7, 11) is 0. The van der Waals surface area contributed by atoms with Gasteiger partial charge in [-0.15, -0.1) is 0 Å². The van der Waals surface area contributed by atoms with Gasteiger partial charge in [-0.2, -0.15) is 0 Å². The van der Waals surface area contributed by atoms with Crippen LogP contribution in [0.1, 0.15) is 27.1 Å². The average molecular weight is 480 g/mol. The maximum atomic E-state index is 3.80. The van der Waals surface area contributed by atoms with Gasteiger partial charge in [0.2, 0.25) is 0 Å². The van der Waals surface area contributed by atoms with Crippen LogP contribution in [0.2, 0.25) is 0 Å². The second-order valence-corrected chi connectivity index (χ2v) is 7.39. The standard InChI is InChI=1S/C15H13Br2I/c1-9-3-4-11(7-10(9)2)15(17)13-8-12(18)5-6-14(13)16/h3-8,15H,1-2H3. The van der Waals surface area contributed by atoms with Crippen LogP contribution < -0.4 is 0 Å². The Labute approximate surface area is 139 Å². The van der Waals surface area contributed by atoms with Gasteiger partial charge in [-0.1, -0.05) is 50.1 Å². The van der Waals surface area contributed by atoms with Crippen molar-refractivity contribution in [3.05, 3.63) is 66.7 Å². The van der Waals surface area contributed by atoms with E-state index in [9.17, 15) is 0 Å². The fourth-order valence-electron chi connectivity index (χ4n) is 1.81. The molecule has 0 amide bonds. The Kier molecular flexibility index (Phi) is 4.89. The molecule has 94 valence electrons. The summed E-state index contributed by atoms with van der Waals surface area (Å²) in [4.78, 5) is 0.223. The molecule has 2 aromatic rings. The van der Waals surface area contributed by atoms with E-state index in [4.69, 9.17) is 0 Å². The molecule has 0 aliphatic rings. The fraction of sp³-hybridized carbons (Fsp3) is 0.200. The number of rotatable bonds is 2. The van der Waals surface area contributed by atoms with E-state index < -0.39 is 0 Å². The summed E-state index contributed by atoms with van der Waals surface area (Å²) in [5.41, 5.74) is 5.23. The number of aryl methyl sites for hydroxylation is 2. The first-order chi connectivity index (χ1) is 8.49. The Morgan fingerprint density at radius 1 is 1.00 bits per heavy atom. The van der Waals surface area contributed by atoms with Crippen LogP contribution in [0.5, 0.6) is 0 Å². The summed E-state index contributed by atoms with van der Waals surface area (Å²) in [6.07, 6.45) is 0. The van der Waals surface area contributed by atoms with Crippen molar-refractivity contribution >= 4 is 54.5 Å². The first-order valence-electron chi connectivity index (χ1n) is 5.65. The molecular formula is C15H13Br2I. The molecule has 1 atom stereocenters. The van der Waals surface area contributed by atoms with Crippen LogP contribution in [0.25, 0.3) is 0 Å². The minimum Gasteiger partial charge on any atom is -0.0786 e. The fourth-order valence-corrected chi connectivity index (χ4v) is 3.77. The lowest BCUT2D eigenvalue weighted by atomic mass is 10.0. The molecule has 0 heterocycles. The van der Waals surface area contributed by atoms with Gasteiger partial charge in [-0.05, 0) is 76.9 Å². The van der Waals surface area contributed by atoms with Gasteiger partial charge >= 0.3 is 0 Å². The highest BCUT2D eigenvalue weighted by Crippen LogP contribution is 2.36. The van der Waals surface area contributed by atoms with Crippen molar-refractivity contribution in [2.75, 3.05) is 0 Å². The van der Waals surface area contributed by atoms with Crippen molar-refractivity contribution in [1.82, 2.24) is 0 Å². The highest BCUT2D eigenvalue weighted by Gasteiger charge is 2.14. The third kappa shape index (κ3) is 3.17. The Morgan fingerprint density at radius 3 is 2.39 bits per heavy atom. The molecule has 18 heavy (non-hydrogen) atoms. The van der Waals surface area contributed by atoms with Crippen molar-refractivity contribution in [3.8, 4) is 0 Å². The van der Waals surface area contributed by atoms with Gasteiger partial charge in [0.25, 0.3) is 0 Å². The van der Waals surface area contributed by atoms with E-state index in [0.29, 0.717) is 0 Å². The van der Waals surface area contributed by atoms with Crippen LogP contribution in [0.15, 0.2) is 40.9 Å². The van der Waals surface area contributed by atoms with Crippen LogP contribution >= 0.6 is 54.5 Å². The third-order valence-corrected chi connectivity index (χ3v) is 5.47. The van der Waals surface area contributed by atoms with Gasteiger partial charge in [0, 0.05) is 8.04 Å². The highest BCUT2D eigenvalue weighted by atomic mass is 127. The molecule has 2 aromatic carbocycles. The number of halogens is 3. The van der Waals surface area contributed by atoms with Crippen molar-refractivity contribution in [3.63, 3.8) is 0 Å². The Balaban J connectivity index is 2.44. The number of hydrogen-bond acceptors (Lipinski definition) is 0. The molecule has 0 aliphatic heterocycles. The molecule has 0 nitrogen and oxygen atoms in total. The van der Waals surface area contributed by atoms with E-state index >= 15 is 0 Å². The normalized spacial score (nSPS) is 12.5. The van der Waals surface area contributed by atoms with E-state index in [2.05, 4.69) is 105 Å². The number of hydrogen-bond donors (Lipinski definition) is 0. The first kappa shape index (κ1) is 14.5. The maximum Gasteiger partial charge on any atom is 0.0656 e. The SMILES string of the molecule is Cc1ccc(C(Br)c2cc(I)ccc2Br)cc1C. The van der Waals surface area contributed by atoms with E-state index in [1.54, 1.807) is 0 Å². The number of alkyl halides is 1. The molecule has 0 saturated carbocycles. The second kappa shape index (κ2) is 6.06. The smallest absolute Gasteiger partial charge is 0.0656 e. The monoisotopic (exact) mass is 478 g/mol. The van der Waals surface area contributed by atoms with Crippen LogP contribution in [-0.4, -0.2) is 0 Å². The molecule has 0 bridgehead atoms. The molecule has 3 heteroatoms. The lowest BCUT2D eigenvalue weighted by Crippen LogP contribution is -1.96. The van der Waals surface area contributed by atoms with Gasteiger partial charge in [0.15, 0.2) is 0 Å². The second-order valence-electron chi connectivity index (χ2n) is 4.37. The molecule has 0 saturated heterocycles. The summed E-state index contributed by atoms with van der Waals surface area (Å²) in [5, 5.41) is 0. The molecule has 2 rings (SSSR count). The molecule has 1 unspecified atom stereocenters. The summed E-state index contributed by atoms with van der Waals surface area (Å²) in [5.74, 6) is 0. The summed E-state index contributed by atoms with van der Waals surface area (Å²) >= 11 is 9.78. The van der Waals surface area contributed by atoms with Gasteiger partial charge < -0.3 is 0 Å². The van der Waals surface area contributed by atoms with Crippen molar-refractivity contribution in [2.24, 2.45) is 0 Å². The van der Waals surface area contributed by atoms with Crippen molar-refractivity contribution in [2.45, 2.75) is 18.7 Å². The predicted octanol–water partition coefficient (Wildman–Crippen LogP) is 6.15. The summed E-state index contributed by atoms with van der Waals surface area (Å²) in [6.45, 7) is 4.30. The van der Waals surface area contributed by atoms with Crippen LogP contribution in [0.4, 0.5) is 0 Å². The van der Waals surface area contributed by atoms with E-state index in [1.165, 1.54) is 25.8 Å². The highest BCUT2D eigenvalue weighted by molar-refractivity contribution is 14.1. The largest absolute Gasteiger partial charge is 0.0786 e. The Bertz CT molecular complexity index is 579. The lowest BCUT2D eigenvalue weighted by Gasteiger charge is -2.14. The zero-order valence-electron chi connectivity index (χ0n) is 10.2. The molecule has 0 aromatic heterocycles. The van der Waals surface area contributed by atoms with Crippen molar-refractivity contribution in [1.29, 1.82) is 0 Å². The molecule has 0 fully saturated rings. The molecule has 0 N–H and O–H groups in total. The molecule has 0 aliphatic carbocycles. The van der Waals surface area contributed by atoms with Gasteiger partial charge in [-0.25, -0.2) is 0 Å². The first-order valence-corrected chi connectivity index (χ1v) is 8.44. The Morgan fingerprint density at radius 2 is 1.72 bits per heavy atom. The minimum absolute atomic E-state index is 0.223. The van der Waals surface area contributed by atoms with Gasteiger partial charge in [-0.3, -0.25) is 0 Å². The lowest BCUT2D eigenvalue weighted by molar-refractivity contribution is 1.14. The summed E-state index contributed by atoms with van der Waals surface area (Å²) < 4.78 is 2.39. The van der Waals surface area contributed by atoms with Crippen LogP contribution in [-0.2, 0) is 0 Å². The molecule has 0 radical (unpaired) electrons.